The zero-order chi connectivity index (χ0) is 13.1. The third kappa shape index (κ3) is 2.42. The van der Waals surface area contributed by atoms with Gasteiger partial charge in [-0.1, -0.05) is 6.07 Å². The van der Waals surface area contributed by atoms with Crippen molar-refractivity contribution in [2.75, 3.05) is 18.0 Å². The monoisotopic (exact) mass is 252 g/mol. The van der Waals surface area contributed by atoms with Crippen LogP contribution in [0.5, 0.6) is 0 Å². The summed E-state index contributed by atoms with van der Waals surface area (Å²) >= 11 is 0. The summed E-state index contributed by atoms with van der Waals surface area (Å²) in [4.78, 5) is 23.6. The van der Waals surface area contributed by atoms with E-state index in [1.54, 1.807) is 12.1 Å². The van der Waals surface area contributed by atoms with Crippen molar-refractivity contribution in [2.45, 2.75) is 12.8 Å². The van der Waals surface area contributed by atoms with Crippen molar-refractivity contribution < 1.29 is 19.1 Å². The third-order valence-corrected chi connectivity index (χ3v) is 2.83. The van der Waals surface area contributed by atoms with Gasteiger partial charge in [-0.15, -0.1) is 0 Å². The van der Waals surface area contributed by atoms with Gasteiger partial charge in [-0.3, -0.25) is 9.69 Å². The predicted molar refractivity (Wildman–Crippen MR) is 63.1 cm³/mol. The average molecular weight is 252 g/mol. The van der Waals surface area contributed by atoms with Gasteiger partial charge in [-0.25, -0.2) is 9.18 Å². The number of anilines is 1. The Morgan fingerprint density at radius 2 is 2.22 bits per heavy atom. The molecule has 5 nitrogen and oxygen atoms in total. The Labute approximate surface area is 103 Å². The van der Waals surface area contributed by atoms with Gasteiger partial charge >= 0.3 is 12.0 Å². The summed E-state index contributed by atoms with van der Waals surface area (Å²) in [6.45, 7) is 0.477. The molecule has 96 valence electrons. The van der Waals surface area contributed by atoms with E-state index >= 15 is 0 Å². The Hall–Kier alpha value is -2.11. The van der Waals surface area contributed by atoms with E-state index in [1.807, 2.05) is 0 Å². The van der Waals surface area contributed by atoms with Crippen molar-refractivity contribution in [3.8, 4) is 0 Å². The molecule has 2 N–H and O–H groups in total. The molecule has 0 saturated carbocycles. The van der Waals surface area contributed by atoms with Gasteiger partial charge in [-0.2, -0.15) is 0 Å². The number of hydrogen-bond acceptors (Lipinski definition) is 2. The molecule has 0 saturated heterocycles. The van der Waals surface area contributed by atoms with Gasteiger partial charge in [0.1, 0.15) is 5.82 Å². The van der Waals surface area contributed by atoms with Crippen molar-refractivity contribution in [3.05, 3.63) is 29.6 Å². The molecule has 1 aliphatic rings. The number of amides is 2. The lowest BCUT2D eigenvalue weighted by atomic mass is 10.1. The van der Waals surface area contributed by atoms with Crippen LogP contribution in [0, 0.1) is 5.82 Å². The molecule has 1 aromatic carbocycles. The van der Waals surface area contributed by atoms with Crippen LogP contribution in [0.4, 0.5) is 14.9 Å². The number of aliphatic carboxylic acids is 1. The molecule has 0 fully saturated rings. The first-order valence-electron chi connectivity index (χ1n) is 5.64. The molecule has 2 amide bonds. The summed E-state index contributed by atoms with van der Waals surface area (Å²) in [5, 5.41) is 11.0. The van der Waals surface area contributed by atoms with Crippen molar-refractivity contribution in [1.82, 2.24) is 5.32 Å². The van der Waals surface area contributed by atoms with Gasteiger partial charge in [0, 0.05) is 18.7 Å². The molecule has 2 rings (SSSR count). The largest absolute Gasteiger partial charge is 0.481 e. The lowest BCUT2D eigenvalue weighted by molar-refractivity contribution is -0.136. The van der Waals surface area contributed by atoms with Crippen LogP contribution in [0.2, 0.25) is 0 Å². The molecule has 0 spiro atoms. The summed E-state index contributed by atoms with van der Waals surface area (Å²) in [5.41, 5.74) is 1.09. The summed E-state index contributed by atoms with van der Waals surface area (Å²) < 4.78 is 13.4. The van der Waals surface area contributed by atoms with Crippen LogP contribution in [-0.2, 0) is 11.2 Å². The number of carbonyl (C=O) groups is 2. The van der Waals surface area contributed by atoms with Crippen LogP contribution < -0.4 is 10.2 Å². The maximum absolute atomic E-state index is 13.4. The summed E-state index contributed by atoms with van der Waals surface area (Å²) in [7, 11) is 0. The lowest BCUT2D eigenvalue weighted by Gasteiger charge is -2.17. The number of urea groups is 1. The highest BCUT2D eigenvalue weighted by atomic mass is 19.1. The Morgan fingerprint density at radius 1 is 1.44 bits per heavy atom. The highest BCUT2D eigenvalue weighted by molar-refractivity contribution is 5.94. The molecule has 1 aromatic rings. The van der Waals surface area contributed by atoms with E-state index in [2.05, 4.69) is 5.32 Å². The van der Waals surface area contributed by atoms with E-state index in [-0.39, 0.29) is 24.8 Å². The highest BCUT2D eigenvalue weighted by Crippen LogP contribution is 2.29. The number of carboxylic acids is 1. The molecule has 0 aromatic heterocycles. The molecule has 0 aliphatic carbocycles. The van der Waals surface area contributed by atoms with Gasteiger partial charge in [-0.05, 0) is 18.6 Å². The number of benzene rings is 1. The van der Waals surface area contributed by atoms with Crippen LogP contribution in [-0.4, -0.2) is 30.2 Å². The minimum absolute atomic E-state index is 0.0648. The number of halogens is 1. The van der Waals surface area contributed by atoms with E-state index in [4.69, 9.17) is 5.11 Å². The highest BCUT2D eigenvalue weighted by Gasteiger charge is 2.26. The minimum Gasteiger partial charge on any atom is -0.481 e. The van der Waals surface area contributed by atoms with Gasteiger partial charge in [0.25, 0.3) is 0 Å². The normalized spacial score (nSPS) is 13.3. The molecule has 1 heterocycles. The van der Waals surface area contributed by atoms with Gasteiger partial charge in [0.2, 0.25) is 0 Å². The van der Waals surface area contributed by atoms with E-state index in [0.717, 1.165) is 0 Å². The first-order valence-corrected chi connectivity index (χ1v) is 5.64. The fraction of sp³-hybridized carbons (Fsp3) is 0.333. The van der Waals surface area contributed by atoms with Crippen molar-refractivity contribution >= 4 is 17.7 Å². The standard InChI is InChI=1S/C12H13FN2O3/c13-9-2-1-3-10-8(9)5-7-15(10)12(18)14-6-4-11(16)17/h1-3H,4-7H2,(H,14,18)(H,16,17). The Kier molecular flexibility index (Phi) is 3.45. The molecular weight excluding hydrogens is 239 g/mol. The number of carboxylic acid groups (broad SMARTS) is 1. The van der Waals surface area contributed by atoms with Gasteiger partial charge in [0.05, 0.1) is 12.1 Å². The molecule has 6 heteroatoms. The van der Waals surface area contributed by atoms with E-state index < -0.39 is 5.97 Å². The van der Waals surface area contributed by atoms with E-state index in [1.165, 1.54) is 11.0 Å². The number of nitrogens with zero attached hydrogens (tertiary/aromatic N) is 1. The molecular formula is C12H13FN2O3. The zero-order valence-corrected chi connectivity index (χ0v) is 9.65. The molecule has 0 unspecified atom stereocenters. The second-order valence-electron chi connectivity index (χ2n) is 4.01. The second-order valence-corrected chi connectivity index (χ2v) is 4.01. The minimum atomic E-state index is -0.969. The maximum atomic E-state index is 13.4. The molecule has 1 aliphatic heterocycles. The zero-order valence-electron chi connectivity index (χ0n) is 9.65. The molecule has 18 heavy (non-hydrogen) atoms. The smallest absolute Gasteiger partial charge is 0.321 e. The Bertz CT molecular complexity index is 490. The topological polar surface area (TPSA) is 69.6 Å². The number of nitrogens with one attached hydrogen (secondary N) is 1. The Balaban J connectivity index is 2.02. The van der Waals surface area contributed by atoms with Crippen LogP contribution in [0.25, 0.3) is 0 Å². The first-order chi connectivity index (χ1) is 8.59. The van der Waals surface area contributed by atoms with Crippen LogP contribution in [0.15, 0.2) is 18.2 Å². The van der Waals surface area contributed by atoms with Crippen molar-refractivity contribution in [1.29, 1.82) is 0 Å². The molecule has 0 bridgehead atoms. The molecule has 0 atom stereocenters. The molecule has 0 radical (unpaired) electrons. The fourth-order valence-electron chi connectivity index (χ4n) is 1.97. The van der Waals surface area contributed by atoms with E-state index in [0.29, 0.717) is 24.2 Å². The number of rotatable bonds is 3. The number of hydrogen-bond donors (Lipinski definition) is 2. The third-order valence-electron chi connectivity index (χ3n) is 2.83. The van der Waals surface area contributed by atoms with Crippen molar-refractivity contribution in [3.63, 3.8) is 0 Å². The fourth-order valence-corrected chi connectivity index (χ4v) is 1.97. The second kappa shape index (κ2) is 5.03. The summed E-state index contributed by atoms with van der Waals surface area (Å²) in [6, 6.07) is 4.21. The van der Waals surface area contributed by atoms with Crippen LogP contribution >= 0.6 is 0 Å². The Morgan fingerprint density at radius 3 is 2.94 bits per heavy atom. The van der Waals surface area contributed by atoms with E-state index in [9.17, 15) is 14.0 Å². The summed E-state index contributed by atoms with van der Waals surface area (Å²) in [6.07, 6.45) is 0.351. The number of fused-ring (bicyclic) bond motifs is 1. The van der Waals surface area contributed by atoms with Gasteiger partial charge in [0.15, 0.2) is 0 Å². The average Bonchev–Trinajstić information content (AvgIpc) is 2.73. The SMILES string of the molecule is O=C(O)CCNC(=O)N1CCc2c(F)cccc21. The quantitative estimate of drug-likeness (QED) is 0.853. The lowest BCUT2D eigenvalue weighted by Crippen LogP contribution is -2.39. The van der Waals surface area contributed by atoms with Crippen molar-refractivity contribution in [2.24, 2.45) is 0 Å². The first kappa shape index (κ1) is 12.3. The summed E-state index contributed by atoms with van der Waals surface area (Å²) in [5.74, 6) is -1.28. The van der Waals surface area contributed by atoms with Crippen LogP contribution in [0.1, 0.15) is 12.0 Å². The van der Waals surface area contributed by atoms with Gasteiger partial charge < -0.3 is 10.4 Å². The van der Waals surface area contributed by atoms with Crippen LogP contribution in [0.3, 0.4) is 0 Å². The maximum Gasteiger partial charge on any atom is 0.321 e. The number of carbonyl (C=O) groups excluding carboxylic acids is 1. The predicted octanol–water partition coefficient (Wildman–Crippen LogP) is 1.37.